The normalized spacial score (nSPS) is 14.3. The van der Waals surface area contributed by atoms with Crippen LogP contribution in [0.1, 0.15) is 22.4 Å². The van der Waals surface area contributed by atoms with E-state index in [1.54, 1.807) is 30.7 Å². The van der Waals surface area contributed by atoms with E-state index in [9.17, 15) is 0 Å². The quantitative estimate of drug-likeness (QED) is 0.420. The lowest BCUT2D eigenvalue weighted by molar-refractivity contribution is 0.718. The van der Waals surface area contributed by atoms with Crippen molar-refractivity contribution in [3.63, 3.8) is 0 Å². The molecular weight excluding hydrogens is 372 g/mol. The lowest BCUT2D eigenvalue weighted by Crippen LogP contribution is -2.31. The topological polar surface area (TPSA) is 79.8 Å². The maximum absolute atomic E-state index is 6.05. The average molecular weight is 391 g/mol. The summed E-state index contributed by atoms with van der Waals surface area (Å²) in [6, 6.07) is 15.8. The first-order valence-corrected chi connectivity index (χ1v) is 9.33. The first kappa shape index (κ1) is 18.1. The van der Waals surface area contributed by atoms with Crippen LogP contribution in [0.4, 0.5) is 5.82 Å². The molecular formula is C21H19ClN6. The number of fused-ring (bicyclic) bond motifs is 1. The summed E-state index contributed by atoms with van der Waals surface area (Å²) in [7, 11) is 0. The summed E-state index contributed by atoms with van der Waals surface area (Å²) in [5, 5.41) is 8.71. The Labute approximate surface area is 168 Å². The number of rotatable bonds is 4. The molecule has 7 heteroatoms. The van der Waals surface area contributed by atoms with Crippen molar-refractivity contribution in [2.24, 2.45) is 15.9 Å². The molecule has 2 N–H and O–H groups in total. The summed E-state index contributed by atoms with van der Waals surface area (Å²) in [5.74, 6) is 0.994. The van der Waals surface area contributed by atoms with Crippen molar-refractivity contribution >= 4 is 29.5 Å². The zero-order valence-electron chi connectivity index (χ0n) is 15.2. The number of nitrogens with zero attached hydrogens (tertiary/aromatic N) is 5. The van der Waals surface area contributed by atoms with Crippen molar-refractivity contribution in [2.75, 3.05) is 11.4 Å². The summed E-state index contributed by atoms with van der Waals surface area (Å²) in [5.41, 5.74) is 10.1. The highest BCUT2D eigenvalue weighted by atomic mass is 35.5. The minimum absolute atomic E-state index is 0.213. The van der Waals surface area contributed by atoms with Gasteiger partial charge in [-0.1, -0.05) is 48.0 Å². The van der Waals surface area contributed by atoms with Crippen LogP contribution in [0.15, 0.2) is 71.1 Å². The molecule has 2 aromatic carbocycles. The molecule has 3 aromatic rings. The number of halogens is 1. The molecule has 2 heterocycles. The van der Waals surface area contributed by atoms with Crippen molar-refractivity contribution in [3.8, 4) is 0 Å². The Morgan fingerprint density at radius 1 is 1.11 bits per heavy atom. The van der Waals surface area contributed by atoms with Crippen LogP contribution in [0, 0.1) is 0 Å². The predicted molar refractivity (Wildman–Crippen MR) is 113 cm³/mol. The molecule has 0 saturated heterocycles. The Kier molecular flexibility index (Phi) is 5.30. The number of benzene rings is 2. The molecule has 0 bridgehead atoms. The van der Waals surface area contributed by atoms with Crippen LogP contribution >= 0.6 is 11.6 Å². The highest BCUT2D eigenvalue weighted by Crippen LogP contribution is 2.22. The van der Waals surface area contributed by atoms with E-state index in [1.165, 1.54) is 11.1 Å². The van der Waals surface area contributed by atoms with E-state index in [0.717, 1.165) is 30.9 Å². The van der Waals surface area contributed by atoms with Gasteiger partial charge in [-0.25, -0.2) is 4.98 Å². The molecule has 6 nitrogen and oxygen atoms in total. The van der Waals surface area contributed by atoms with Gasteiger partial charge in [-0.15, -0.1) is 5.10 Å². The molecule has 1 aliphatic rings. The van der Waals surface area contributed by atoms with Gasteiger partial charge in [-0.05, 0) is 35.2 Å². The molecule has 0 spiro atoms. The van der Waals surface area contributed by atoms with E-state index >= 15 is 0 Å². The van der Waals surface area contributed by atoms with E-state index in [2.05, 4.69) is 49.3 Å². The SMILES string of the molecule is N/C(=N/N=C/c1cccc(Cl)c1)c1cncc(N2CCc3ccccc3C2)n1. The summed E-state index contributed by atoms with van der Waals surface area (Å²) in [4.78, 5) is 11.1. The highest BCUT2D eigenvalue weighted by Gasteiger charge is 2.18. The van der Waals surface area contributed by atoms with Crippen LogP contribution in [0.3, 0.4) is 0 Å². The first-order chi connectivity index (χ1) is 13.7. The highest BCUT2D eigenvalue weighted by molar-refractivity contribution is 6.30. The number of hydrogen-bond donors (Lipinski definition) is 1. The van der Waals surface area contributed by atoms with Gasteiger partial charge in [0.25, 0.3) is 0 Å². The van der Waals surface area contributed by atoms with Gasteiger partial charge in [-0.3, -0.25) is 4.98 Å². The van der Waals surface area contributed by atoms with Crippen LogP contribution in [0.2, 0.25) is 5.02 Å². The lowest BCUT2D eigenvalue weighted by Gasteiger charge is -2.29. The molecule has 0 saturated carbocycles. The smallest absolute Gasteiger partial charge is 0.173 e. The van der Waals surface area contributed by atoms with E-state index < -0.39 is 0 Å². The van der Waals surface area contributed by atoms with E-state index in [4.69, 9.17) is 17.3 Å². The maximum Gasteiger partial charge on any atom is 0.173 e. The average Bonchev–Trinajstić information content (AvgIpc) is 2.73. The van der Waals surface area contributed by atoms with Crippen LogP contribution in [-0.2, 0) is 13.0 Å². The van der Waals surface area contributed by atoms with Crippen molar-refractivity contribution in [1.82, 2.24) is 9.97 Å². The molecule has 28 heavy (non-hydrogen) atoms. The molecule has 1 aliphatic heterocycles. The molecule has 1 aromatic heterocycles. The van der Waals surface area contributed by atoms with Gasteiger partial charge in [-0.2, -0.15) is 5.10 Å². The lowest BCUT2D eigenvalue weighted by atomic mass is 10.00. The second kappa shape index (κ2) is 8.19. The first-order valence-electron chi connectivity index (χ1n) is 8.95. The van der Waals surface area contributed by atoms with Crippen molar-refractivity contribution in [2.45, 2.75) is 13.0 Å². The Morgan fingerprint density at radius 3 is 2.82 bits per heavy atom. The Hall–Kier alpha value is -3.25. The van der Waals surface area contributed by atoms with Gasteiger partial charge in [0.2, 0.25) is 0 Å². The molecule has 140 valence electrons. The summed E-state index contributed by atoms with van der Waals surface area (Å²) in [6.07, 6.45) is 5.92. The van der Waals surface area contributed by atoms with Gasteiger partial charge in [0.1, 0.15) is 11.5 Å². The number of anilines is 1. The van der Waals surface area contributed by atoms with Gasteiger partial charge in [0, 0.05) is 18.1 Å². The molecule has 4 rings (SSSR count). The van der Waals surface area contributed by atoms with Crippen LogP contribution < -0.4 is 10.6 Å². The van der Waals surface area contributed by atoms with Crippen LogP contribution in [-0.4, -0.2) is 28.6 Å². The molecule has 0 radical (unpaired) electrons. The molecule has 0 amide bonds. The fraction of sp³-hybridized carbons (Fsp3) is 0.143. The van der Waals surface area contributed by atoms with Crippen LogP contribution in [0.5, 0.6) is 0 Å². The molecule has 0 fully saturated rings. The minimum Gasteiger partial charge on any atom is -0.380 e. The minimum atomic E-state index is 0.213. The zero-order chi connectivity index (χ0) is 19.3. The third kappa shape index (κ3) is 4.18. The van der Waals surface area contributed by atoms with Crippen molar-refractivity contribution in [1.29, 1.82) is 0 Å². The van der Waals surface area contributed by atoms with Crippen LogP contribution in [0.25, 0.3) is 0 Å². The van der Waals surface area contributed by atoms with Crippen molar-refractivity contribution < 1.29 is 0 Å². The zero-order valence-corrected chi connectivity index (χ0v) is 15.9. The summed E-state index contributed by atoms with van der Waals surface area (Å²) in [6.45, 7) is 1.69. The van der Waals surface area contributed by atoms with Gasteiger partial charge >= 0.3 is 0 Å². The maximum atomic E-state index is 6.05. The Morgan fingerprint density at radius 2 is 1.96 bits per heavy atom. The van der Waals surface area contributed by atoms with E-state index in [-0.39, 0.29) is 5.84 Å². The second-order valence-electron chi connectivity index (χ2n) is 6.49. The van der Waals surface area contributed by atoms with Crippen molar-refractivity contribution in [3.05, 3.63) is 88.3 Å². The molecule has 0 atom stereocenters. The van der Waals surface area contributed by atoms with Gasteiger partial charge < -0.3 is 10.6 Å². The number of hydrogen-bond acceptors (Lipinski definition) is 5. The molecule has 0 unspecified atom stereocenters. The largest absolute Gasteiger partial charge is 0.380 e. The fourth-order valence-electron chi connectivity index (χ4n) is 3.12. The van der Waals surface area contributed by atoms with E-state index in [1.807, 2.05) is 12.1 Å². The predicted octanol–water partition coefficient (Wildman–Crippen LogP) is 3.43. The number of aromatic nitrogens is 2. The standard InChI is InChI=1S/C21H19ClN6/c22-18-7-3-4-15(10-18)11-25-27-21(23)19-12-24-13-20(26-19)28-9-8-16-5-1-2-6-17(16)14-28/h1-7,10-13H,8-9,14H2,(H2,23,27)/b25-11+. The third-order valence-electron chi connectivity index (χ3n) is 4.56. The molecule has 0 aliphatic carbocycles. The number of nitrogens with two attached hydrogens (primary N) is 1. The fourth-order valence-corrected chi connectivity index (χ4v) is 3.32. The third-order valence-corrected chi connectivity index (χ3v) is 4.79. The Balaban J connectivity index is 1.50. The monoisotopic (exact) mass is 390 g/mol. The number of amidine groups is 1. The summed E-state index contributed by atoms with van der Waals surface area (Å²) < 4.78 is 0. The Bertz CT molecular complexity index is 1050. The van der Waals surface area contributed by atoms with Gasteiger partial charge in [0.05, 0.1) is 18.6 Å². The second-order valence-corrected chi connectivity index (χ2v) is 6.92. The summed E-state index contributed by atoms with van der Waals surface area (Å²) >= 11 is 5.96. The van der Waals surface area contributed by atoms with Gasteiger partial charge in [0.15, 0.2) is 5.84 Å². The van der Waals surface area contributed by atoms with E-state index in [0.29, 0.717) is 10.7 Å².